The van der Waals surface area contributed by atoms with E-state index >= 15 is 0 Å². The number of carbonyl (C=O) groups is 1. The molecule has 0 bridgehead atoms. The van der Waals surface area contributed by atoms with Crippen molar-refractivity contribution in [3.8, 4) is 0 Å². The molecule has 0 unspecified atom stereocenters. The molecule has 0 atom stereocenters. The summed E-state index contributed by atoms with van der Waals surface area (Å²) in [7, 11) is 1.97. The van der Waals surface area contributed by atoms with Crippen LogP contribution in [-0.4, -0.2) is 60.6 Å². The Bertz CT molecular complexity index is 430. The smallest absolute Gasteiger partial charge is 0.236 e. The topological polar surface area (TPSA) is 45.7 Å². The molecule has 19 heavy (non-hydrogen) atoms. The molecule has 0 aliphatic carbocycles. The first kappa shape index (κ1) is 14.0. The highest BCUT2D eigenvalue weighted by atomic mass is 16.5. The van der Waals surface area contributed by atoms with Crippen molar-refractivity contribution in [2.75, 3.05) is 39.9 Å². The van der Waals surface area contributed by atoms with Gasteiger partial charge in [0.2, 0.25) is 5.91 Å². The van der Waals surface area contributed by atoms with Crippen LogP contribution in [0.5, 0.6) is 0 Å². The highest BCUT2D eigenvalue weighted by molar-refractivity contribution is 5.78. The number of rotatable bonds is 4. The van der Waals surface area contributed by atoms with Crippen molar-refractivity contribution in [2.24, 2.45) is 0 Å². The molecule has 1 aromatic rings. The average molecular weight is 263 g/mol. The quantitative estimate of drug-likeness (QED) is 0.801. The van der Waals surface area contributed by atoms with Gasteiger partial charge in [0, 0.05) is 31.5 Å². The molecule has 0 saturated carbocycles. The zero-order chi connectivity index (χ0) is 13.7. The normalized spacial score (nSPS) is 15.8. The molecule has 0 spiro atoms. The second-order valence-electron chi connectivity index (χ2n) is 4.97. The summed E-state index contributed by atoms with van der Waals surface area (Å²) < 4.78 is 5.25. The molecule has 0 radical (unpaired) electrons. The van der Waals surface area contributed by atoms with Crippen molar-refractivity contribution in [3.63, 3.8) is 0 Å². The summed E-state index contributed by atoms with van der Waals surface area (Å²) in [4.78, 5) is 20.2. The van der Waals surface area contributed by atoms with Crippen LogP contribution < -0.4 is 0 Å². The van der Waals surface area contributed by atoms with Crippen molar-refractivity contribution in [1.82, 2.24) is 14.8 Å². The van der Waals surface area contributed by atoms with Gasteiger partial charge in [0.05, 0.1) is 19.8 Å². The monoisotopic (exact) mass is 263 g/mol. The Hall–Kier alpha value is -1.46. The molecule has 1 aromatic heterocycles. The molecule has 1 amide bonds. The second kappa shape index (κ2) is 6.63. The van der Waals surface area contributed by atoms with Crippen LogP contribution in [0, 0.1) is 6.92 Å². The number of ether oxygens (including phenoxy) is 1. The SMILES string of the molecule is Cc1cc(CN(C)CC(=O)N2CCOCC2)ccn1. The van der Waals surface area contributed by atoms with Crippen LogP contribution in [0.2, 0.25) is 0 Å². The van der Waals surface area contributed by atoms with E-state index < -0.39 is 0 Å². The van der Waals surface area contributed by atoms with Crippen LogP contribution in [0.15, 0.2) is 18.3 Å². The van der Waals surface area contributed by atoms with E-state index in [0.717, 1.165) is 12.2 Å². The number of hydrogen-bond acceptors (Lipinski definition) is 4. The number of amides is 1. The van der Waals surface area contributed by atoms with Gasteiger partial charge in [0.1, 0.15) is 0 Å². The summed E-state index contributed by atoms with van der Waals surface area (Å²) in [5, 5.41) is 0. The van der Waals surface area contributed by atoms with Crippen molar-refractivity contribution in [3.05, 3.63) is 29.6 Å². The van der Waals surface area contributed by atoms with Crippen molar-refractivity contribution in [2.45, 2.75) is 13.5 Å². The first-order valence-corrected chi connectivity index (χ1v) is 6.61. The molecular weight excluding hydrogens is 242 g/mol. The summed E-state index contributed by atoms with van der Waals surface area (Å²) >= 11 is 0. The molecule has 1 saturated heterocycles. The summed E-state index contributed by atoms with van der Waals surface area (Å²) in [6.45, 7) is 5.91. The number of morpholine rings is 1. The molecule has 0 N–H and O–H groups in total. The predicted molar refractivity (Wildman–Crippen MR) is 72.7 cm³/mol. The molecular formula is C14H21N3O2. The molecule has 104 valence electrons. The van der Waals surface area contributed by atoms with Gasteiger partial charge in [-0.25, -0.2) is 0 Å². The zero-order valence-corrected chi connectivity index (χ0v) is 11.6. The van der Waals surface area contributed by atoms with Gasteiger partial charge >= 0.3 is 0 Å². The third-order valence-corrected chi connectivity index (χ3v) is 3.18. The maximum absolute atomic E-state index is 12.1. The van der Waals surface area contributed by atoms with Gasteiger partial charge in [0.25, 0.3) is 0 Å². The third kappa shape index (κ3) is 4.29. The fourth-order valence-corrected chi connectivity index (χ4v) is 2.21. The van der Waals surface area contributed by atoms with E-state index in [1.807, 2.05) is 36.0 Å². The van der Waals surface area contributed by atoms with Gasteiger partial charge in [0.15, 0.2) is 0 Å². The Morgan fingerprint density at radius 3 is 2.89 bits per heavy atom. The Kier molecular flexibility index (Phi) is 4.87. The van der Waals surface area contributed by atoms with E-state index in [2.05, 4.69) is 11.1 Å². The van der Waals surface area contributed by atoms with Crippen molar-refractivity contribution in [1.29, 1.82) is 0 Å². The van der Waals surface area contributed by atoms with Crippen LogP contribution in [0.3, 0.4) is 0 Å². The molecule has 5 nitrogen and oxygen atoms in total. The lowest BCUT2D eigenvalue weighted by Crippen LogP contribution is -2.44. The largest absolute Gasteiger partial charge is 0.378 e. The van der Waals surface area contributed by atoms with Crippen LogP contribution in [-0.2, 0) is 16.1 Å². The van der Waals surface area contributed by atoms with Gasteiger partial charge in [-0.2, -0.15) is 0 Å². The summed E-state index contributed by atoms with van der Waals surface area (Å²) in [5.74, 6) is 0.177. The lowest BCUT2D eigenvalue weighted by molar-refractivity contribution is -0.136. The molecule has 2 heterocycles. The Morgan fingerprint density at radius 1 is 1.47 bits per heavy atom. The second-order valence-corrected chi connectivity index (χ2v) is 4.97. The Balaban J connectivity index is 1.83. The molecule has 1 aliphatic rings. The van der Waals surface area contributed by atoms with E-state index in [1.165, 1.54) is 5.56 Å². The maximum atomic E-state index is 12.1. The highest BCUT2D eigenvalue weighted by Gasteiger charge is 2.18. The van der Waals surface area contributed by atoms with Crippen LogP contribution in [0.25, 0.3) is 0 Å². The number of likely N-dealkylation sites (N-methyl/N-ethyl adjacent to an activating group) is 1. The lowest BCUT2D eigenvalue weighted by Gasteiger charge is -2.28. The van der Waals surface area contributed by atoms with E-state index in [0.29, 0.717) is 32.8 Å². The molecule has 0 aromatic carbocycles. The van der Waals surface area contributed by atoms with E-state index in [-0.39, 0.29) is 5.91 Å². The average Bonchev–Trinajstić information content (AvgIpc) is 2.39. The Morgan fingerprint density at radius 2 is 2.21 bits per heavy atom. The first-order chi connectivity index (χ1) is 9.15. The summed E-state index contributed by atoms with van der Waals surface area (Å²) in [6.07, 6.45) is 1.81. The number of aryl methyl sites for hydroxylation is 1. The fourth-order valence-electron chi connectivity index (χ4n) is 2.21. The van der Waals surface area contributed by atoms with Crippen molar-refractivity contribution >= 4 is 5.91 Å². The van der Waals surface area contributed by atoms with Crippen LogP contribution >= 0.6 is 0 Å². The van der Waals surface area contributed by atoms with E-state index in [4.69, 9.17) is 4.74 Å². The van der Waals surface area contributed by atoms with Gasteiger partial charge in [-0.05, 0) is 31.7 Å². The number of pyridine rings is 1. The summed E-state index contributed by atoms with van der Waals surface area (Å²) in [5.41, 5.74) is 2.19. The number of carbonyl (C=O) groups excluding carboxylic acids is 1. The molecule has 1 fully saturated rings. The minimum absolute atomic E-state index is 0.177. The zero-order valence-electron chi connectivity index (χ0n) is 11.6. The lowest BCUT2D eigenvalue weighted by atomic mass is 10.2. The minimum Gasteiger partial charge on any atom is -0.378 e. The third-order valence-electron chi connectivity index (χ3n) is 3.18. The maximum Gasteiger partial charge on any atom is 0.236 e. The highest BCUT2D eigenvalue weighted by Crippen LogP contribution is 2.05. The minimum atomic E-state index is 0.177. The van der Waals surface area contributed by atoms with Crippen LogP contribution in [0.4, 0.5) is 0 Å². The number of hydrogen-bond donors (Lipinski definition) is 0. The van der Waals surface area contributed by atoms with Gasteiger partial charge in [-0.15, -0.1) is 0 Å². The number of aromatic nitrogens is 1. The predicted octanol–water partition coefficient (Wildman–Crippen LogP) is 0.681. The standard InChI is InChI=1S/C14H21N3O2/c1-12-9-13(3-4-15-12)10-16(2)11-14(18)17-5-7-19-8-6-17/h3-4,9H,5-8,10-11H2,1-2H3. The summed E-state index contributed by atoms with van der Waals surface area (Å²) in [6, 6.07) is 4.04. The van der Waals surface area contributed by atoms with Gasteiger partial charge in [-0.1, -0.05) is 0 Å². The fraction of sp³-hybridized carbons (Fsp3) is 0.571. The van der Waals surface area contributed by atoms with Gasteiger partial charge in [-0.3, -0.25) is 14.7 Å². The Labute approximate surface area is 114 Å². The molecule has 5 heteroatoms. The molecule has 1 aliphatic heterocycles. The van der Waals surface area contributed by atoms with Crippen LogP contribution in [0.1, 0.15) is 11.3 Å². The first-order valence-electron chi connectivity index (χ1n) is 6.61. The van der Waals surface area contributed by atoms with Gasteiger partial charge < -0.3 is 9.64 Å². The van der Waals surface area contributed by atoms with E-state index in [1.54, 1.807) is 0 Å². The van der Waals surface area contributed by atoms with Crippen molar-refractivity contribution < 1.29 is 9.53 Å². The molecule has 2 rings (SSSR count). The van der Waals surface area contributed by atoms with E-state index in [9.17, 15) is 4.79 Å². The number of nitrogens with zero attached hydrogens (tertiary/aromatic N) is 3.